The third-order valence-electron chi connectivity index (χ3n) is 3.47. The van der Waals surface area contributed by atoms with Crippen molar-refractivity contribution in [1.29, 1.82) is 0 Å². The van der Waals surface area contributed by atoms with Gasteiger partial charge in [-0.2, -0.15) is 0 Å². The Balaban J connectivity index is 1.85. The second-order valence-corrected chi connectivity index (χ2v) is 5.18. The number of rotatable bonds is 7. The molecule has 6 heteroatoms. The van der Waals surface area contributed by atoms with Gasteiger partial charge in [0.05, 0.1) is 0 Å². The van der Waals surface area contributed by atoms with Crippen LogP contribution in [0.4, 0.5) is 0 Å². The Labute approximate surface area is 114 Å². The molecule has 0 bridgehead atoms. The molecule has 0 aliphatic heterocycles. The molecule has 1 unspecified atom stereocenters. The summed E-state index contributed by atoms with van der Waals surface area (Å²) in [7, 11) is 0. The summed E-state index contributed by atoms with van der Waals surface area (Å²) in [5, 5.41) is 9.78. The summed E-state index contributed by atoms with van der Waals surface area (Å²) in [6.45, 7) is 9.07. The summed E-state index contributed by atoms with van der Waals surface area (Å²) < 4.78 is 0. The average molecular weight is 265 g/mol. The second-order valence-electron chi connectivity index (χ2n) is 5.18. The predicted octanol–water partition coefficient (Wildman–Crippen LogP) is 1.14. The van der Waals surface area contributed by atoms with Crippen LogP contribution >= 0.6 is 0 Å². The van der Waals surface area contributed by atoms with Gasteiger partial charge in [0, 0.05) is 18.5 Å². The fraction of sp³-hybridized carbons (Fsp3) is 0.769. The Morgan fingerprint density at radius 3 is 2.74 bits per heavy atom. The summed E-state index contributed by atoms with van der Waals surface area (Å²) in [5.74, 6) is 1.40. The molecule has 1 aliphatic carbocycles. The van der Waals surface area contributed by atoms with Crippen molar-refractivity contribution in [1.82, 2.24) is 25.4 Å². The predicted molar refractivity (Wildman–Crippen MR) is 73.1 cm³/mol. The molecule has 106 valence electrons. The average Bonchev–Trinajstić information content (AvgIpc) is 3.13. The van der Waals surface area contributed by atoms with Crippen molar-refractivity contribution < 1.29 is 4.79 Å². The first-order chi connectivity index (χ1) is 9.13. The van der Waals surface area contributed by atoms with E-state index in [0.29, 0.717) is 5.92 Å². The van der Waals surface area contributed by atoms with Gasteiger partial charge in [0.2, 0.25) is 5.82 Å². The zero-order valence-electron chi connectivity index (χ0n) is 11.9. The Hall–Kier alpha value is -1.43. The molecule has 1 amide bonds. The van der Waals surface area contributed by atoms with Crippen LogP contribution in [0.25, 0.3) is 0 Å². The molecular formula is C13H23N5O. The molecule has 0 aromatic carbocycles. The van der Waals surface area contributed by atoms with E-state index in [1.807, 2.05) is 6.92 Å². The fourth-order valence-corrected chi connectivity index (χ4v) is 2.12. The molecular weight excluding hydrogens is 242 g/mol. The summed E-state index contributed by atoms with van der Waals surface area (Å²) in [4.78, 5) is 18.5. The molecule has 1 atom stereocenters. The molecule has 2 N–H and O–H groups in total. The molecule has 1 aliphatic rings. The molecule has 19 heavy (non-hydrogen) atoms. The van der Waals surface area contributed by atoms with Crippen molar-refractivity contribution in [2.45, 2.75) is 45.6 Å². The molecule has 1 fully saturated rings. The quantitative estimate of drug-likeness (QED) is 0.775. The van der Waals surface area contributed by atoms with Gasteiger partial charge < -0.3 is 10.2 Å². The van der Waals surface area contributed by atoms with Gasteiger partial charge >= 0.3 is 0 Å². The molecule has 1 aromatic rings. The van der Waals surface area contributed by atoms with Crippen molar-refractivity contribution in [2.75, 3.05) is 19.6 Å². The molecule has 2 rings (SSSR count). The van der Waals surface area contributed by atoms with Gasteiger partial charge in [0.1, 0.15) is 5.82 Å². The molecule has 1 heterocycles. The molecule has 6 nitrogen and oxygen atoms in total. The van der Waals surface area contributed by atoms with Crippen LogP contribution in [0.5, 0.6) is 0 Å². The minimum atomic E-state index is -0.192. The number of carbonyl (C=O) groups excluding carboxylic acids is 1. The van der Waals surface area contributed by atoms with Crippen LogP contribution in [-0.2, 0) is 0 Å². The van der Waals surface area contributed by atoms with Crippen LogP contribution in [0.2, 0.25) is 0 Å². The third-order valence-corrected chi connectivity index (χ3v) is 3.47. The first-order valence-electron chi connectivity index (χ1n) is 7.09. The zero-order valence-corrected chi connectivity index (χ0v) is 11.9. The molecule has 0 saturated heterocycles. The van der Waals surface area contributed by atoms with Crippen LogP contribution in [0.3, 0.4) is 0 Å². The number of carbonyl (C=O) groups is 1. The minimum absolute atomic E-state index is 0.0928. The number of hydrogen-bond donors (Lipinski definition) is 2. The topological polar surface area (TPSA) is 73.9 Å². The number of H-pyrrole nitrogens is 1. The highest BCUT2D eigenvalue weighted by atomic mass is 16.2. The second kappa shape index (κ2) is 6.14. The van der Waals surface area contributed by atoms with Crippen LogP contribution in [0.1, 0.15) is 56.0 Å². The van der Waals surface area contributed by atoms with Gasteiger partial charge in [-0.05, 0) is 32.9 Å². The summed E-state index contributed by atoms with van der Waals surface area (Å²) in [6, 6.07) is 0.0928. The normalized spacial score (nSPS) is 16.6. The summed E-state index contributed by atoms with van der Waals surface area (Å²) >= 11 is 0. The van der Waals surface area contributed by atoms with Crippen molar-refractivity contribution in [3.63, 3.8) is 0 Å². The zero-order chi connectivity index (χ0) is 13.8. The van der Waals surface area contributed by atoms with Crippen LogP contribution in [0.15, 0.2) is 0 Å². The monoisotopic (exact) mass is 265 g/mol. The summed E-state index contributed by atoms with van der Waals surface area (Å²) in [5.41, 5.74) is 0. The number of aromatic nitrogens is 3. The van der Waals surface area contributed by atoms with Crippen molar-refractivity contribution in [3.8, 4) is 0 Å². The van der Waals surface area contributed by atoms with Gasteiger partial charge in [0.15, 0.2) is 0 Å². The number of nitrogens with one attached hydrogen (secondary N) is 2. The van der Waals surface area contributed by atoms with Gasteiger partial charge in [-0.1, -0.05) is 13.8 Å². The number of amides is 1. The van der Waals surface area contributed by atoms with Crippen molar-refractivity contribution >= 4 is 5.91 Å². The molecule has 0 radical (unpaired) electrons. The minimum Gasteiger partial charge on any atom is -0.346 e. The van der Waals surface area contributed by atoms with E-state index < -0.39 is 0 Å². The molecule has 1 saturated carbocycles. The van der Waals surface area contributed by atoms with Gasteiger partial charge in [0.25, 0.3) is 5.91 Å². The highest BCUT2D eigenvalue weighted by molar-refractivity contribution is 5.90. The lowest BCUT2D eigenvalue weighted by Gasteiger charge is -2.22. The van der Waals surface area contributed by atoms with E-state index >= 15 is 0 Å². The highest BCUT2D eigenvalue weighted by Crippen LogP contribution is 2.37. The largest absolute Gasteiger partial charge is 0.346 e. The Morgan fingerprint density at radius 1 is 1.47 bits per heavy atom. The van der Waals surface area contributed by atoms with Crippen LogP contribution in [-0.4, -0.2) is 51.7 Å². The van der Waals surface area contributed by atoms with Crippen LogP contribution < -0.4 is 5.32 Å². The highest BCUT2D eigenvalue weighted by Gasteiger charge is 2.28. The Morgan fingerprint density at radius 2 is 2.16 bits per heavy atom. The third kappa shape index (κ3) is 3.76. The van der Waals surface area contributed by atoms with E-state index in [1.54, 1.807) is 0 Å². The lowest BCUT2D eigenvalue weighted by molar-refractivity contribution is 0.0920. The first-order valence-corrected chi connectivity index (χ1v) is 7.09. The smallest absolute Gasteiger partial charge is 0.291 e. The number of aromatic amines is 1. The maximum atomic E-state index is 12.0. The number of nitrogens with zero attached hydrogens (tertiary/aromatic N) is 3. The lowest BCUT2D eigenvalue weighted by atomic mass is 10.3. The molecule has 1 aromatic heterocycles. The SMILES string of the molecule is CCN(CC)CC(C)NC(=O)c1n[nH]c(C2CC2)n1. The van der Waals surface area contributed by atoms with E-state index in [4.69, 9.17) is 0 Å². The Bertz CT molecular complexity index is 422. The van der Waals surface area contributed by atoms with Gasteiger partial charge in [-0.3, -0.25) is 9.89 Å². The fourth-order valence-electron chi connectivity index (χ4n) is 2.12. The van der Waals surface area contributed by atoms with E-state index in [9.17, 15) is 4.79 Å². The Kier molecular flexibility index (Phi) is 4.52. The standard InChI is InChI=1S/C13H23N5O/c1-4-18(5-2)8-9(3)14-13(19)12-15-11(16-17-12)10-6-7-10/h9-10H,4-8H2,1-3H3,(H,14,19)(H,15,16,17). The van der Waals surface area contributed by atoms with E-state index in [-0.39, 0.29) is 17.8 Å². The van der Waals surface area contributed by atoms with Gasteiger partial charge in [-0.15, -0.1) is 5.10 Å². The maximum absolute atomic E-state index is 12.0. The summed E-state index contributed by atoms with van der Waals surface area (Å²) in [6.07, 6.45) is 2.29. The lowest BCUT2D eigenvalue weighted by Crippen LogP contribution is -2.42. The molecule has 0 spiro atoms. The number of likely N-dealkylation sites (N-methyl/N-ethyl adjacent to an activating group) is 1. The first kappa shape index (κ1) is 14.0. The van der Waals surface area contributed by atoms with Crippen LogP contribution in [0, 0.1) is 0 Å². The van der Waals surface area contributed by atoms with Crippen molar-refractivity contribution in [3.05, 3.63) is 11.6 Å². The maximum Gasteiger partial charge on any atom is 0.291 e. The van der Waals surface area contributed by atoms with E-state index in [0.717, 1.165) is 38.3 Å². The van der Waals surface area contributed by atoms with E-state index in [2.05, 4.69) is 39.2 Å². The van der Waals surface area contributed by atoms with E-state index in [1.165, 1.54) is 0 Å². The van der Waals surface area contributed by atoms with Gasteiger partial charge in [-0.25, -0.2) is 4.98 Å². The van der Waals surface area contributed by atoms with Crippen molar-refractivity contribution in [2.24, 2.45) is 0 Å². The number of hydrogen-bond acceptors (Lipinski definition) is 4.